The van der Waals surface area contributed by atoms with Crippen LogP contribution in [0.25, 0.3) is 0 Å². The third-order valence-corrected chi connectivity index (χ3v) is 5.19. The average molecular weight is 347 g/mol. The highest BCUT2D eigenvalue weighted by Crippen LogP contribution is 2.22. The minimum absolute atomic E-state index is 0. The van der Waals surface area contributed by atoms with Crippen LogP contribution in [0.15, 0.2) is 11.6 Å². The topological polar surface area (TPSA) is 20.2 Å². The smallest absolute Gasteiger partial charge is 0.0614 e. The molecule has 140 valence electrons. The standard InChI is InChI=1S/C21H42O.ClH/c1-6-18(2)10-7-11-19(3)12-8-13-20(4)14-9-15-21(5)16-17-22;/h16,18-20,22H,6-15,17H2,1-5H3;1H/b21-16+;/t18?,19-,20-;/m1./s1. The highest BCUT2D eigenvalue weighted by molar-refractivity contribution is 5.85. The summed E-state index contributed by atoms with van der Waals surface area (Å²) in [4.78, 5) is 0. The zero-order valence-electron chi connectivity index (χ0n) is 16.4. The average Bonchev–Trinajstić information content (AvgIpc) is 2.47. The lowest BCUT2D eigenvalue weighted by atomic mass is 9.91. The van der Waals surface area contributed by atoms with Crippen LogP contribution in [-0.2, 0) is 0 Å². The normalized spacial score (nSPS) is 15.8. The van der Waals surface area contributed by atoms with Crippen molar-refractivity contribution in [1.29, 1.82) is 0 Å². The molecule has 0 rings (SSSR count). The van der Waals surface area contributed by atoms with Crippen LogP contribution in [0.2, 0.25) is 0 Å². The Balaban J connectivity index is 0. The van der Waals surface area contributed by atoms with E-state index in [4.69, 9.17) is 5.11 Å². The lowest BCUT2D eigenvalue weighted by Gasteiger charge is -2.15. The van der Waals surface area contributed by atoms with Gasteiger partial charge in [0.05, 0.1) is 6.61 Å². The van der Waals surface area contributed by atoms with E-state index in [1.807, 2.05) is 6.08 Å². The zero-order valence-corrected chi connectivity index (χ0v) is 17.3. The molecule has 0 spiro atoms. The first-order valence-corrected chi connectivity index (χ1v) is 9.76. The van der Waals surface area contributed by atoms with Crippen LogP contribution >= 0.6 is 12.4 Å². The van der Waals surface area contributed by atoms with Gasteiger partial charge in [-0.25, -0.2) is 0 Å². The van der Waals surface area contributed by atoms with Crippen molar-refractivity contribution in [3.63, 3.8) is 0 Å². The summed E-state index contributed by atoms with van der Waals surface area (Å²) >= 11 is 0. The van der Waals surface area contributed by atoms with Crippen LogP contribution in [0, 0.1) is 17.8 Å². The van der Waals surface area contributed by atoms with Gasteiger partial charge in [0, 0.05) is 0 Å². The van der Waals surface area contributed by atoms with Crippen molar-refractivity contribution < 1.29 is 5.11 Å². The van der Waals surface area contributed by atoms with Crippen molar-refractivity contribution >= 4 is 12.4 Å². The first-order valence-electron chi connectivity index (χ1n) is 9.76. The molecular formula is C21H43ClO. The second-order valence-corrected chi connectivity index (χ2v) is 7.71. The molecule has 0 aromatic heterocycles. The molecule has 1 nitrogen and oxygen atoms in total. The molecule has 23 heavy (non-hydrogen) atoms. The first kappa shape index (κ1) is 25.2. The van der Waals surface area contributed by atoms with E-state index >= 15 is 0 Å². The highest BCUT2D eigenvalue weighted by atomic mass is 35.5. The van der Waals surface area contributed by atoms with Crippen LogP contribution in [0.4, 0.5) is 0 Å². The minimum atomic E-state index is 0. The van der Waals surface area contributed by atoms with Crippen molar-refractivity contribution in [2.45, 2.75) is 98.8 Å². The van der Waals surface area contributed by atoms with Gasteiger partial charge in [0.15, 0.2) is 0 Å². The maximum Gasteiger partial charge on any atom is 0.0614 e. The molecule has 1 N–H and O–H groups in total. The summed E-state index contributed by atoms with van der Waals surface area (Å²) in [5, 5.41) is 8.84. The molecule has 0 aromatic carbocycles. The molecule has 0 heterocycles. The molecule has 0 aliphatic heterocycles. The number of halogens is 1. The molecule has 1 unspecified atom stereocenters. The third kappa shape index (κ3) is 16.6. The summed E-state index contributed by atoms with van der Waals surface area (Å²) in [6.45, 7) is 11.8. The molecule has 0 bridgehead atoms. The molecular weight excluding hydrogens is 304 g/mol. The lowest BCUT2D eigenvalue weighted by molar-refractivity contribution is 0.341. The Hall–Kier alpha value is -0.0100. The monoisotopic (exact) mass is 346 g/mol. The van der Waals surface area contributed by atoms with E-state index in [0.717, 1.165) is 24.2 Å². The predicted octanol–water partition coefficient (Wildman–Crippen LogP) is 7.18. The van der Waals surface area contributed by atoms with Crippen LogP contribution in [-0.4, -0.2) is 11.7 Å². The number of aliphatic hydroxyl groups excluding tert-OH is 1. The van der Waals surface area contributed by atoms with E-state index in [1.165, 1.54) is 63.4 Å². The minimum Gasteiger partial charge on any atom is -0.392 e. The van der Waals surface area contributed by atoms with Crippen molar-refractivity contribution in [2.75, 3.05) is 6.61 Å². The van der Waals surface area contributed by atoms with E-state index in [-0.39, 0.29) is 19.0 Å². The van der Waals surface area contributed by atoms with Crippen LogP contribution in [0.1, 0.15) is 98.8 Å². The molecule has 0 saturated carbocycles. The van der Waals surface area contributed by atoms with Gasteiger partial charge >= 0.3 is 0 Å². The Morgan fingerprint density at radius 3 is 1.70 bits per heavy atom. The Morgan fingerprint density at radius 2 is 1.26 bits per heavy atom. The zero-order chi connectivity index (χ0) is 16.8. The molecule has 3 atom stereocenters. The van der Waals surface area contributed by atoms with Gasteiger partial charge in [-0.3, -0.25) is 0 Å². The molecule has 0 amide bonds. The van der Waals surface area contributed by atoms with Crippen molar-refractivity contribution in [3.8, 4) is 0 Å². The number of rotatable bonds is 14. The van der Waals surface area contributed by atoms with Gasteiger partial charge in [-0.2, -0.15) is 0 Å². The molecule has 2 heteroatoms. The fourth-order valence-corrected chi connectivity index (χ4v) is 3.11. The Labute approximate surface area is 152 Å². The summed E-state index contributed by atoms with van der Waals surface area (Å²) < 4.78 is 0. The van der Waals surface area contributed by atoms with Gasteiger partial charge < -0.3 is 5.11 Å². The Kier molecular flexibility index (Phi) is 18.5. The largest absolute Gasteiger partial charge is 0.392 e. The van der Waals surface area contributed by atoms with Crippen LogP contribution < -0.4 is 0 Å². The summed E-state index contributed by atoms with van der Waals surface area (Å²) in [6, 6.07) is 0. The van der Waals surface area contributed by atoms with E-state index < -0.39 is 0 Å². The number of aliphatic hydroxyl groups is 1. The molecule has 0 saturated heterocycles. The van der Waals surface area contributed by atoms with Crippen molar-refractivity contribution in [1.82, 2.24) is 0 Å². The quantitative estimate of drug-likeness (QED) is 0.330. The van der Waals surface area contributed by atoms with E-state index in [0.29, 0.717) is 0 Å². The van der Waals surface area contributed by atoms with Gasteiger partial charge in [0.2, 0.25) is 0 Å². The number of allylic oxidation sites excluding steroid dienone is 1. The molecule has 0 aliphatic rings. The molecule has 0 fully saturated rings. The molecule has 0 radical (unpaired) electrons. The van der Waals surface area contributed by atoms with Gasteiger partial charge in [-0.05, 0) is 37.5 Å². The Bertz CT molecular complexity index is 275. The maximum atomic E-state index is 8.84. The predicted molar refractivity (Wildman–Crippen MR) is 107 cm³/mol. The first-order chi connectivity index (χ1) is 10.5. The van der Waals surface area contributed by atoms with Gasteiger partial charge in [0.25, 0.3) is 0 Å². The van der Waals surface area contributed by atoms with Gasteiger partial charge in [-0.15, -0.1) is 12.4 Å². The lowest BCUT2D eigenvalue weighted by Crippen LogP contribution is -2.00. The highest BCUT2D eigenvalue weighted by Gasteiger charge is 2.07. The second kappa shape index (κ2) is 16.8. The van der Waals surface area contributed by atoms with Crippen molar-refractivity contribution in [3.05, 3.63) is 11.6 Å². The SMILES string of the molecule is CCC(C)CCC[C@@H](C)CCC[C@@H](C)CCC/C(C)=C/CO.Cl. The molecule has 0 aromatic rings. The number of hydrogen-bond donors (Lipinski definition) is 1. The third-order valence-electron chi connectivity index (χ3n) is 5.19. The summed E-state index contributed by atoms with van der Waals surface area (Å²) in [5.74, 6) is 2.68. The van der Waals surface area contributed by atoms with E-state index in [1.54, 1.807) is 0 Å². The second-order valence-electron chi connectivity index (χ2n) is 7.71. The van der Waals surface area contributed by atoms with Gasteiger partial charge in [0.1, 0.15) is 0 Å². The van der Waals surface area contributed by atoms with E-state index in [9.17, 15) is 0 Å². The van der Waals surface area contributed by atoms with Gasteiger partial charge in [-0.1, -0.05) is 90.7 Å². The summed E-state index contributed by atoms with van der Waals surface area (Å²) in [7, 11) is 0. The summed E-state index contributed by atoms with van der Waals surface area (Å²) in [5.41, 5.74) is 1.34. The van der Waals surface area contributed by atoms with Crippen LogP contribution in [0.5, 0.6) is 0 Å². The summed E-state index contributed by atoms with van der Waals surface area (Å²) in [6.07, 6.45) is 15.5. The van der Waals surface area contributed by atoms with Crippen molar-refractivity contribution in [2.24, 2.45) is 17.8 Å². The maximum absolute atomic E-state index is 8.84. The van der Waals surface area contributed by atoms with E-state index in [2.05, 4.69) is 34.6 Å². The van der Waals surface area contributed by atoms with Crippen LogP contribution in [0.3, 0.4) is 0 Å². The number of hydrogen-bond acceptors (Lipinski definition) is 1. The molecule has 0 aliphatic carbocycles. The Morgan fingerprint density at radius 1 is 0.826 bits per heavy atom. The fraction of sp³-hybridized carbons (Fsp3) is 0.905. The fourth-order valence-electron chi connectivity index (χ4n) is 3.11.